The lowest BCUT2D eigenvalue weighted by molar-refractivity contribution is -0.138. The van der Waals surface area contributed by atoms with E-state index in [4.69, 9.17) is 4.74 Å². The Morgan fingerprint density at radius 3 is 2.71 bits per heavy atom. The van der Waals surface area contributed by atoms with Crippen LogP contribution in [0.25, 0.3) is 6.08 Å². The Kier molecular flexibility index (Phi) is 5.40. The van der Waals surface area contributed by atoms with Gasteiger partial charge in [0, 0.05) is 37.9 Å². The molecule has 0 aromatic carbocycles. The monoisotopic (exact) mass is 398 g/mol. The van der Waals surface area contributed by atoms with Gasteiger partial charge in [-0.2, -0.15) is 0 Å². The zero-order valence-electron chi connectivity index (χ0n) is 15.7. The number of hydrogen-bond donors (Lipinski definition) is 0. The maximum atomic E-state index is 12.6. The maximum Gasteiger partial charge on any atom is 0.335 e. The highest BCUT2D eigenvalue weighted by atomic mass is 32.1. The zero-order chi connectivity index (χ0) is 19.5. The van der Waals surface area contributed by atoms with Gasteiger partial charge >= 0.3 is 5.97 Å². The van der Waals surface area contributed by atoms with Gasteiger partial charge in [0.25, 0.3) is 5.91 Å². The first-order chi connectivity index (χ1) is 13.7. The minimum Gasteiger partial charge on any atom is -0.463 e. The van der Waals surface area contributed by atoms with Crippen LogP contribution >= 0.6 is 11.3 Å². The van der Waals surface area contributed by atoms with Gasteiger partial charge in [0.05, 0.1) is 23.6 Å². The molecule has 2 aliphatic rings. The van der Waals surface area contributed by atoms with Crippen LogP contribution in [-0.4, -0.2) is 66.1 Å². The Labute approximate surface area is 167 Å². The predicted molar refractivity (Wildman–Crippen MR) is 108 cm³/mol. The van der Waals surface area contributed by atoms with Gasteiger partial charge < -0.3 is 9.64 Å². The summed E-state index contributed by atoms with van der Waals surface area (Å²) < 4.78 is 5.20. The van der Waals surface area contributed by atoms with Gasteiger partial charge in [-0.25, -0.2) is 14.8 Å². The summed E-state index contributed by atoms with van der Waals surface area (Å²) in [4.78, 5) is 32.0. The van der Waals surface area contributed by atoms with Crippen LogP contribution in [0.5, 0.6) is 0 Å². The van der Waals surface area contributed by atoms with E-state index in [9.17, 15) is 9.59 Å². The van der Waals surface area contributed by atoms with Gasteiger partial charge in [0.15, 0.2) is 5.82 Å². The van der Waals surface area contributed by atoms with E-state index in [-0.39, 0.29) is 11.9 Å². The summed E-state index contributed by atoms with van der Waals surface area (Å²) >= 11 is 1.47. The lowest BCUT2D eigenvalue weighted by Crippen LogP contribution is -2.56. The number of pyridine rings is 1. The van der Waals surface area contributed by atoms with Crippen molar-refractivity contribution >= 4 is 35.1 Å². The van der Waals surface area contributed by atoms with Crippen LogP contribution in [0.1, 0.15) is 22.2 Å². The Balaban J connectivity index is 1.49. The van der Waals surface area contributed by atoms with E-state index >= 15 is 0 Å². The lowest BCUT2D eigenvalue weighted by atomic mass is 10.1. The van der Waals surface area contributed by atoms with Gasteiger partial charge in [0.1, 0.15) is 0 Å². The number of esters is 1. The first-order valence-corrected chi connectivity index (χ1v) is 10.2. The molecule has 1 amide bonds. The van der Waals surface area contributed by atoms with Crippen molar-refractivity contribution in [3.8, 4) is 0 Å². The van der Waals surface area contributed by atoms with Crippen molar-refractivity contribution in [2.75, 3.05) is 44.3 Å². The molecule has 0 aliphatic carbocycles. The number of anilines is 1. The summed E-state index contributed by atoms with van der Waals surface area (Å²) in [5, 5.41) is 6.12. The van der Waals surface area contributed by atoms with Crippen molar-refractivity contribution in [2.24, 2.45) is 0 Å². The van der Waals surface area contributed by atoms with Gasteiger partial charge in [0.2, 0.25) is 0 Å². The smallest absolute Gasteiger partial charge is 0.335 e. The third-order valence-electron chi connectivity index (χ3n) is 4.87. The van der Waals surface area contributed by atoms with E-state index in [1.807, 2.05) is 45.6 Å². The van der Waals surface area contributed by atoms with E-state index in [1.165, 1.54) is 11.3 Å². The number of aromatic nitrogens is 1. The predicted octanol–water partition coefficient (Wildman–Crippen LogP) is 2.28. The van der Waals surface area contributed by atoms with E-state index in [0.29, 0.717) is 44.9 Å². The fraction of sp³-hybridized carbons (Fsp3) is 0.350. The SMILES string of the molecule is CCOC(=O)C1=Cc2cccnc2N(N2CCN(C(=O)c3cccs3)CC2)C1. The fourth-order valence-electron chi connectivity index (χ4n) is 3.49. The summed E-state index contributed by atoms with van der Waals surface area (Å²) in [5.74, 6) is 0.612. The largest absolute Gasteiger partial charge is 0.463 e. The number of hydrogen-bond acceptors (Lipinski definition) is 7. The molecule has 0 bridgehead atoms. The summed E-state index contributed by atoms with van der Waals surface area (Å²) in [6, 6.07) is 7.57. The Bertz CT molecular complexity index is 889. The molecular formula is C20H22N4O3S. The normalized spacial score (nSPS) is 17.1. The summed E-state index contributed by atoms with van der Waals surface area (Å²) in [6.07, 6.45) is 3.61. The number of fused-ring (bicyclic) bond motifs is 1. The molecule has 2 aromatic rings. The minimum atomic E-state index is -0.298. The topological polar surface area (TPSA) is 66.0 Å². The number of ether oxygens (including phenoxy) is 1. The second kappa shape index (κ2) is 8.12. The third-order valence-corrected chi connectivity index (χ3v) is 5.72. The molecule has 7 nitrogen and oxygen atoms in total. The summed E-state index contributed by atoms with van der Waals surface area (Å²) in [7, 11) is 0. The summed E-state index contributed by atoms with van der Waals surface area (Å²) in [6.45, 7) is 5.20. The Morgan fingerprint density at radius 1 is 1.18 bits per heavy atom. The van der Waals surface area contributed by atoms with Crippen LogP contribution in [-0.2, 0) is 9.53 Å². The number of hydrazine groups is 1. The highest BCUT2D eigenvalue weighted by Crippen LogP contribution is 2.29. The minimum absolute atomic E-state index is 0.0823. The van der Waals surface area contributed by atoms with Gasteiger partial charge in [-0.3, -0.25) is 9.80 Å². The molecular weight excluding hydrogens is 376 g/mol. The number of rotatable bonds is 4. The van der Waals surface area contributed by atoms with Crippen LogP contribution < -0.4 is 5.01 Å². The van der Waals surface area contributed by atoms with Crippen molar-refractivity contribution < 1.29 is 14.3 Å². The number of thiophene rings is 1. The molecule has 2 aromatic heterocycles. The first kappa shape index (κ1) is 18.6. The van der Waals surface area contributed by atoms with Gasteiger partial charge in [-0.15, -0.1) is 11.3 Å². The number of piperazine rings is 1. The zero-order valence-corrected chi connectivity index (χ0v) is 16.5. The van der Waals surface area contributed by atoms with Crippen LogP contribution in [0.4, 0.5) is 5.82 Å². The van der Waals surface area contributed by atoms with E-state index in [0.717, 1.165) is 16.3 Å². The number of carbonyl (C=O) groups is 2. The highest BCUT2D eigenvalue weighted by molar-refractivity contribution is 7.12. The van der Waals surface area contributed by atoms with Crippen LogP contribution in [0.3, 0.4) is 0 Å². The number of nitrogens with zero attached hydrogens (tertiary/aromatic N) is 4. The van der Waals surface area contributed by atoms with Crippen LogP contribution in [0.15, 0.2) is 41.4 Å². The van der Waals surface area contributed by atoms with Gasteiger partial charge in [-0.05, 0) is 36.6 Å². The molecule has 0 radical (unpaired) electrons. The molecule has 0 saturated carbocycles. The molecule has 146 valence electrons. The molecule has 4 rings (SSSR count). The molecule has 4 heterocycles. The highest BCUT2D eigenvalue weighted by Gasteiger charge is 2.31. The van der Waals surface area contributed by atoms with Crippen LogP contribution in [0.2, 0.25) is 0 Å². The molecule has 2 aliphatic heterocycles. The van der Waals surface area contributed by atoms with Crippen molar-refractivity contribution in [1.82, 2.24) is 14.9 Å². The average molecular weight is 398 g/mol. The molecule has 0 atom stereocenters. The summed E-state index contributed by atoms with van der Waals surface area (Å²) in [5.41, 5.74) is 1.51. The third kappa shape index (κ3) is 3.65. The molecule has 28 heavy (non-hydrogen) atoms. The van der Waals surface area contributed by atoms with E-state index in [1.54, 1.807) is 13.1 Å². The molecule has 1 saturated heterocycles. The maximum absolute atomic E-state index is 12.6. The first-order valence-electron chi connectivity index (χ1n) is 9.35. The second-order valence-corrected chi connectivity index (χ2v) is 7.53. The van der Waals surface area contributed by atoms with E-state index in [2.05, 4.69) is 9.99 Å². The molecule has 1 fully saturated rings. The lowest BCUT2D eigenvalue weighted by Gasteiger charge is -2.43. The van der Waals surface area contributed by atoms with E-state index < -0.39 is 0 Å². The number of carbonyl (C=O) groups excluding carboxylic acids is 2. The average Bonchev–Trinajstić information content (AvgIpc) is 3.27. The Hall–Kier alpha value is -2.71. The van der Waals surface area contributed by atoms with Crippen molar-refractivity contribution in [2.45, 2.75) is 6.92 Å². The second-order valence-electron chi connectivity index (χ2n) is 6.59. The standard InChI is InChI=1S/C20H22N4O3S/c1-2-27-20(26)16-13-15-5-3-7-21-18(15)24(14-16)23-10-8-22(9-11-23)19(25)17-6-4-12-28-17/h3-7,12-13H,2,8-11,14H2,1H3. The van der Waals surface area contributed by atoms with Crippen LogP contribution in [0, 0.1) is 0 Å². The van der Waals surface area contributed by atoms with Gasteiger partial charge in [-0.1, -0.05) is 6.07 Å². The molecule has 0 spiro atoms. The molecule has 0 unspecified atom stereocenters. The fourth-order valence-corrected chi connectivity index (χ4v) is 4.18. The Morgan fingerprint density at radius 2 is 2.00 bits per heavy atom. The molecule has 0 N–H and O–H groups in total. The quantitative estimate of drug-likeness (QED) is 0.737. The number of amides is 1. The molecule has 8 heteroatoms. The van der Waals surface area contributed by atoms with Crippen molar-refractivity contribution in [1.29, 1.82) is 0 Å². The van der Waals surface area contributed by atoms with Crippen molar-refractivity contribution in [3.63, 3.8) is 0 Å². The van der Waals surface area contributed by atoms with Crippen molar-refractivity contribution in [3.05, 3.63) is 51.9 Å².